The lowest BCUT2D eigenvalue weighted by Gasteiger charge is -2.20. The van der Waals surface area contributed by atoms with E-state index in [-0.39, 0.29) is 0 Å². The van der Waals surface area contributed by atoms with Crippen molar-refractivity contribution in [2.24, 2.45) is 0 Å². The zero-order valence-electron chi connectivity index (χ0n) is 57.0. The molecule has 10 rings (SSSR count). The van der Waals surface area contributed by atoms with Gasteiger partial charge in [0.05, 0.1) is 43.9 Å². The third-order valence-electron chi connectivity index (χ3n) is 8.00. The summed E-state index contributed by atoms with van der Waals surface area (Å²) in [6.07, 6.45) is 0. The maximum absolute atomic E-state index is 10.3. The molecular formula is C50H32. The Bertz CT molecular complexity index is 4740. The van der Waals surface area contributed by atoms with E-state index in [4.69, 9.17) is 26.0 Å². The minimum Gasteiger partial charge on any atom is -0.0616 e. The first kappa shape index (κ1) is 11.0. The third kappa shape index (κ3) is 4.61. The molecule has 0 spiro atoms. The Morgan fingerprint density at radius 2 is 0.740 bits per heavy atom. The summed E-state index contributed by atoms with van der Waals surface area (Å²) in [4.78, 5) is 0. The number of rotatable bonds is 4. The number of hydrogen-bond donors (Lipinski definition) is 0. The van der Waals surface area contributed by atoms with Crippen LogP contribution in [0.25, 0.3) is 98.4 Å². The van der Waals surface area contributed by atoms with Crippen LogP contribution in [0, 0.1) is 0 Å². The van der Waals surface area contributed by atoms with Crippen LogP contribution in [0.3, 0.4) is 0 Å². The molecule has 0 N–H and O–H groups in total. The van der Waals surface area contributed by atoms with Crippen molar-refractivity contribution in [1.82, 2.24) is 0 Å². The lowest BCUT2D eigenvalue weighted by Crippen LogP contribution is -1.93. The highest BCUT2D eigenvalue weighted by molar-refractivity contribution is 6.24. The zero-order valence-corrected chi connectivity index (χ0v) is 25.0. The van der Waals surface area contributed by atoms with Gasteiger partial charge >= 0.3 is 0 Å². The Kier molecular flexibility index (Phi) is 2.55. The average molecular weight is 665 g/mol. The number of fused-ring (bicyclic) bond motifs is 5. The highest BCUT2D eigenvalue weighted by Crippen LogP contribution is 2.47. The average Bonchev–Trinajstić information content (AvgIpc) is 2.30. The predicted octanol–water partition coefficient (Wildman–Crippen LogP) is 14.1. The molecule has 0 aromatic heterocycles. The van der Waals surface area contributed by atoms with E-state index in [0.29, 0.717) is 0 Å². The normalized spacial score (nSPS) is 20.6. The molecule has 0 saturated carbocycles. The Balaban J connectivity index is 1.60. The molecule has 0 unspecified atom stereocenters. The maximum atomic E-state index is 10.3. The van der Waals surface area contributed by atoms with E-state index in [2.05, 4.69) is 0 Å². The van der Waals surface area contributed by atoms with Gasteiger partial charge in [0.15, 0.2) is 0 Å². The van der Waals surface area contributed by atoms with Gasteiger partial charge in [-0.25, -0.2) is 0 Å². The SMILES string of the molecule is [2H]c1c([2H])c(-c2c([2H])c([2H])c3c([2H])c([2H])c([2H])c([2H])c3c2[2H])c([2H])c(-c2c3c([2H])c([2H])c([2H])c([2H])c3c(-c3c([2H])c([2H])c([2H])c4c([2H])c([2H])c([2H])c([2H])c34)c3c([2H])c(-c4c([2H])c([2H])c([2H])c5c([2H])c([2H])c([2H])c([2H])c45)c([2H])c([2H])c23)c1[2H]. The van der Waals surface area contributed by atoms with Crippen molar-refractivity contribution in [1.29, 1.82) is 0 Å². The van der Waals surface area contributed by atoms with Gasteiger partial charge in [0.1, 0.15) is 0 Å². The van der Waals surface area contributed by atoms with Crippen molar-refractivity contribution in [3.05, 3.63) is 193 Å². The Morgan fingerprint density at radius 1 is 0.240 bits per heavy atom. The minimum absolute atomic E-state index is 0.620. The molecule has 0 aliphatic heterocycles. The maximum Gasteiger partial charge on any atom is 0.0636 e. The van der Waals surface area contributed by atoms with Crippen molar-refractivity contribution in [2.75, 3.05) is 0 Å². The number of hydrogen-bond acceptors (Lipinski definition) is 0. The standard InChI is InChI=1S/C50H32/c1-2-15-36-30-38(27-26-33(36)12-1)37-18-9-19-40(31-37)49-45-22-7-8-23-46(45)50(44-25-11-17-35-14-4-6-21-42(35)44)48-32-39(28-29-47(48)49)43-24-10-16-34-13-3-5-20-41(34)43/h1-32H/i1D,2D,3D,4D,5D,6D,7D,8D,9D,10D,11D,12D,13D,14D,15D,16D,17D,18D,19D,20D,21D,22D,23D,24D,25D,26D,27D,28D,29D,30D,31D,32D. The lowest BCUT2D eigenvalue weighted by molar-refractivity contribution is 1.62. The topological polar surface area (TPSA) is 0 Å². The summed E-state index contributed by atoms with van der Waals surface area (Å²) in [6, 6.07) is -33.0. The highest BCUT2D eigenvalue weighted by Gasteiger charge is 2.19. The first-order chi connectivity index (χ1) is 38.1. The van der Waals surface area contributed by atoms with Crippen molar-refractivity contribution in [3.8, 4) is 44.5 Å². The molecule has 0 heterocycles. The fourth-order valence-corrected chi connectivity index (χ4v) is 5.84. The van der Waals surface area contributed by atoms with E-state index >= 15 is 0 Å². The zero-order chi connectivity index (χ0) is 60.9. The summed E-state index contributed by atoms with van der Waals surface area (Å²) in [5.41, 5.74) is -7.40. The van der Waals surface area contributed by atoms with E-state index in [9.17, 15) is 17.8 Å². The van der Waals surface area contributed by atoms with Crippen molar-refractivity contribution >= 4 is 53.9 Å². The smallest absolute Gasteiger partial charge is 0.0616 e. The second-order valence-corrected chi connectivity index (χ2v) is 10.8. The summed E-state index contributed by atoms with van der Waals surface area (Å²) in [5.74, 6) is 0. The quantitative estimate of drug-likeness (QED) is 0.164. The van der Waals surface area contributed by atoms with Gasteiger partial charge in [0.25, 0.3) is 0 Å². The van der Waals surface area contributed by atoms with Crippen LogP contribution < -0.4 is 0 Å². The van der Waals surface area contributed by atoms with Gasteiger partial charge in [0, 0.05) is 0 Å². The molecule has 0 saturated heterocycles. The van der Waals surface area contributed by atoms with Gasteiger partial charge < -0.3 is 0 Å². The largest absolute Gasteiger partial charge is 0.0636 e. The lowest BCUT2D eigenvalue weighted by atomic mass is 9.83. The molecule has 0 fully saturated rings. The van der Waals surface area contributed by atoms with E-state index in [0.717, 1.165) is 0 Å². The van der Waals surface area contributed by atoms with E-state index in [1.165, 1.54) is 0 Å². The summed E-state index contributed by atoms with van der Waals surface area (Å²) in [6.45, 7) is 0. The fourth-order valence-electron chi connectivity index (χ4n) is 5.84. The molecular weight excluding hydrogens is 601 g/mol. The Morgan fingerprint density at radius 3 is 1.50 bits per heavy atom. The van der Waals surface area contributed by atoms with Crippen molar-refractivity contribution < 1.29 is 43.9 Å². The molecule has 50 heavy (non-hydrogen) atoms. The molecule has 10 aromatic carbocycles. The minimum atomic E-state index is -1.22. The van der Waals surface area contributed by atoms with Gasteiger partial charge in [-0.3, -0.25) is 0 Å². The Labute approximate surface area is 336 Å². The molecule has 0 radical (unpaired) electrons. The van der Waals surface area contributed by atoms with Gasteiger partial charge in [0.2, 0.25) is 0 Å². The van der Waals surface area contributed by atoms with Gasteiger partial charge in [-0.1, -0.05) is 175 Å². The first-order valence-electron chi connectivity index (χ1n) is 30.8. The van der Waals surface area contributed by atoms with Crippen LogP contribution in [0.15, 0.2) is 193 Å². The molecule has 0 atom stereocenters. The molecule has 10 aromatic rings. The van der Waals surface area contributed by atoms with Gasteiger partial charge in [-0.2, -0.15) is 0 Å². The summed E-state index contributed by atoms with van der Waals surface area (Å²) in [7, 11) is 0. The van der Waals surface area contributed by atoms with Gasteiger partial charge in [-0.05, 0) is 116 Å². The molecule has 0 heteroatoms. The molecule has 232 valence electrons. The summed E-state index contributed by atoms with van der Waals surface area (Å²) in [5, 5.41) is -7.95. The number of benzene rings is 10. The van der Waals surface area contributed by atoms with E-state index in [1.54, 1.807) is 0 Å². The first-order valence-corrected chi connectivity index (χ1v) is 14.8. The second kappa shape index (κ2) is 11.6. The van der Waals surface area contributed by atoms with Crippen molar-refractivity contribution in [3.63, 3.8) is 0 Å². The molecule has 0 aliphatic rings. The summed E-state index contributed by atoms with van der Waals surface area (Å²) < 4.78 is 292. The van der Waals surface area contributed by atoms with Gasteiger partial charge in [-0.15, -0.1) is 0 Å². The van der Waals surface area contributed by atoms with Crippen LogP contribution in [0.2, 0.25) is 0 Å². The van der Waals surface area contributed by atoms with Crippen LogP contribution in [0.5, 0.6) is 0 Å². The fraction of sp³-hybridized carbons (Fsp3) is 0. The van der Waals surface area contributed by atoms with Crippen LogP contribution in [-0.4, -0.2) is 0 Å². The Hall–Kier alpha value is -6.50. The summed E-state index contributed by atoms with van der Waals surface area (Å²) >= 11 is 0. The molecule has 0 amide bonds. The molecule has 0 aliphatic carbocycles. The third-order valence-corrected chi connectivity index (χ3v) is 8.00. The predicted molar refractivity (Wildman–Crippen MR) is 216 cm³/mol. The monoisotopic (exact) mass is 664 g/mol. The van der Waals surface area contributed by atoms with Crippen LogP contribution in [0.1, 0.15) is 43.9 Å². The van der Waals surface area contributed by atoms with Crippen LogP contribution in [0.4, 0.5) is 0 Å². The van der Waals surface area contributed by atoms with E-state index < -0.39 is 292 Å². The van der Waals surface area contributed by atoms with E-state index in [1.807, 2.05) is 0 Å². The highest BCUT2D eigenvalue weighted by atomic mass is 14.2. The molecule has 0 nitrogen and oxygen atoms in total. The molecule has 0 bridgehead atoms. The van der Waals surface area contributed by atoms with Crippen molar-refractivity contribution in [2.45, 2.75) is 0 Å². The second-order valence-electron chi connectivity index (χ2n) is 10.8. The van der Waals surface area contributed by atoms with Crippen LogP contribution in [-0.2, 0) is 0 Å². The van der Waals surface area contributed by atoms with Crippen LogP contribution >= 0.6 is 0 Å².